The molecule has 0 spiro atoms. The Morgan fingerprint density at radius 1 is 1.11 bits per heavy atom. The molecule has 0 atom stereocenters. The fourth-order valence-corrected chi connectivity index (χ4v) is 2.85. The molecule has 0 saturated heterocycles. The van der Waals surface area contributed by atoms with E-state index in [9.17, 15) is 4.79 Å². The van der Waals surface area contributed by atoms with Gasteiger partial charge in [0.2, 0.25) is 0 Å². The Bertz CT molecular complexity index is 747. The molecule has 2 rings (SSSR count). The lowest BCUT2D eigenvalue weighted by Gasteiger charge is -2.14. The van der Waals surface area contributed by atoms with Crippen molar-refractivity contribution in [1.29, 1.82) is 0 Å². The molecule has 1 amide bonds. The van der Waals surface area contributed by atoms with Gasteiger partial charge in [-0.25, -0.2) is 0 Å². The van der Waals surface area contributed by atoms with E-state index in [2.05, 4.69) is 5.32 Å². The van der Waals surface area contributed by atoms with E-state index in [1.807, 2.05) is 31.2 Å². The molecule has 0 aliphatic heterocycles. The number of rotatable bonds is 10. The van der Waals surface area contributed by atoms with Gasteiger partial charge in [-0.1, -0.05) is 30.7 Å². The molecule has 0 radical (unpaired) electrons. The lowest BCUT2D eigenvalue weighted by atomic mass is 10.1. The molecule has 0 aromatic heterocycles. The van der Waals surface area contributed by atoms with Gasteiger partial charge < -0.3 is 19.5 Å². The summed E-state index contributed by atoms with van der Waals surface area (Å²) in [5.41, 5.74) is 1.65. The molecule has 27 heavy (non-hydrogen) atoms. The second-order valence-corrected chi connectivity index (χ2v) is 6.45. The van der Waals surface area contributed by atoms with Crippen molar-refractivity contribution < 1.29 is 19.0 Å². The minimum Gasteiger partial charge on any atom is -0.497 e. The number of aryl methyl sites for hydroxylation is 1. The SMILES string of the molecule is CCCOc1c(Cl)cc(C(=O)NCCCc2ccc(OC)cc2)cc1OC. The summed E-state index contributed by atoms with van der Waals surface area (Å²) in [6.07, 6.45) is 2.56. The summed E-state index contributed by atoms with van der Waals surface area (Å²) in [5, 5.41) is 3.28. The highest BCUT2D eigenvalue weighted by atomic mass is 35.5. The Balaban J connectivity index is 1.90. The maximum absolute atomic E-state index is 12.4. The van der Waals surface area contributed by atoms with Crippen molar-refractivity contribution in [2.24, 2.45) is 0 Å². The number of nitrogens with one attached hydrogen (secondary N) is 1. The summed E-state index contributed by atoms with van der Waals surface area (Å²) >= 11 is 6.26. The van der Waals surface area contributed by atoms with E-state index in [-0.39, 0.29) is 5.91 Å². The van der Waals surface area contributed by atoms with Gasteiger partial charge in [-0.05, 0) is 49.1 Å². The Morgan fingerprint density at radius 3 is 2.48 bits per heavy atom. The maximum Gasteiger partial charge on any atom is 0.251 e. The van der Waals surface area contributed by atoms with Crippen LogP contribution >= 0.6 is 11.6 Å². The Labute approximate surface area is 165 Å². The molecule has 0 bridgehead atoms. The van der Waals surface area contributed by atoms with Crippen LogP contribution in [0.5, 0.6) is 17.2 Å². The highest BCUT2D eigenvalue weighted by Crippen LogP contribution is 2.36. The number of methoxy groups -OCH3 is 2. The van der Waals surface area contributed by atoms with Gasteiger partial charge in [-0.15, -0.1) is 0 Å². The van der Waals surface area contributed by atoms with Crippen LogP contribution in [0.4, 0.5) is 0 Å². The number of carbonyl (C=O) groups is 1. The minimum absolute atomic E-state index is 0.188. The molecule has 146 valence electrons. The molecule has 0 aliphatic rings. The van der Waals surface area contributed by atoms with E-state index in [0.29, 0.717) is 35.2 Å². The van der Waals surface area contributed by atoms with Gasteiger partial charge in [0.05, 0.1) is 25.8 Å². The molecule has 2 aromatic carbocycles. The van der Waals surface area contributed by atoms with E-state index in [1.54, 1.807) is 19.2 Å². The van der Waals surface area contributed by atoms with E-state index < -0.39 is 0 Å². The molecular weight excluding hydrogens is 366 g/mol. The minimum atomic E-state index is -0.188. The molecule has 1 N–H and O–H groups in total. The van der Waals surface area contributed by atoms with Crippen molar-refractivity contribution in [3.63, 3.8) is 0 Å². The first kappa shape index (κ1) is 20.9. The van der Waals surface area contributed by atoms with Crippen LogP contribution in [-0.2, 0) is 6.42 Å². The Hall–Kier alpha value is -2.40. The van der Waals surface area contributed by atoms with Crippen molar-refractivity contribution in [1.82, 2.24) is 5.32 Å². The van der Waals surface area contributed by atoms with Crippen LogP contribution in [0.3, 0.4) is 0 Å². The van der Waals surface area contributed by atoms with Crippen molar-refractivity contribution in [3.8, 4) is 17.2 Å². The van der Waals surface area contributed by atoms with Crippen molar-refractivity contribution >= 4 is 17.5 Å². The van der Waals surface area contributed by atoms with Gasteiger partial charge in [0.15, 0.2) is 11.5 Å². The first-order chi connectivity index (χ1) is 13.1. The number of carbonyl (C=O) groups excluding carboxylic acids is 1. The second kappa shape index (κ2) is 10.7. The quantitative estimate of drug-likeness (QED) is 0.605. The number of amides is 1. The summed E-state index contributed by atoms with van der Waals surface area (Å²) in [5.74, 6) is 1.58. The molecule has 6 heteroatoms. The first-order valence-electron chi connectivity index (χ1n) is 9.00. The average Bonchev–Trinajstić information content (AvgIpc) is 2.70. The van der Waals surface area contributed by atoms with Gasteiger partial charge in [0.1, 0.15) is 5.75 Å². The summed E-state index contributed by atoms with van der Waals surface area (Å²) in [6.45, 7) is 3.11. The summed E-state index contributed by atoms with van der Waals surface area (Å²) in [4.78, 5) is 12.4. The van der Waals surface area contributed by atoms with Crippen LogP contribution in [0, 0.1) is 0 Å². The zero-order valence-electron chi connectivity index (χ0n) is 16.0. The molecule has 0 aliphatic carbocycles. The average molecular weight is 392 g/mol. The number of hydrogen-bond donors (Lipinski definition) is 1. The molecule has 0 heterocycles. The number of halogens is 1. The number of ether oxygens (including phenoxy) is 3. The normalized spacial score (nSPS) is 10.4. The van der Waals surface area contributed by atoms with Gasteiger partial charge in [0, 0.05) is 12.1 Å². The fourth-order valence-electron chi connectivity index (χ4n) is 2.58. The third-order valence-electron chi connectivity index (χ3n) is 4.03. The van der Waals surface area contributed by atoms with Gasteiger partial charge in [0.25, 0.3) is 5.91 Å². The summed E-state index contributed by atoms with van der Waals surface area (Å²) in [7, 11) is 3.18. The summed E-state index contributed by atoms with van der Waals surface area (Å²) < 4.78 is 16.1. The first-order valence-corrected chi connectivity index (χ1v) is 9.38. The monoisotopic (exact) mass is 391 g/mol. The topological polar surface area (TPSA) is 56.8 Å². The van der Waals surface area contributed by atoms with E-state index in [1.165, 1.54) is 12.7 Å². The van der Waals surface area contributed by atoms with Crippen LogP contribution in [0.25, 0.3) is 0 Å². The Kier molecular flexibility index (Phi) is 8.27. The van der Waals surface area contributed by atoms with E-state index in [0.717, 1.165) is 25.0 Å². The highest BCUT2D eigenvalue weighted by molar-refractivity contribution is 6.32. The smallest absolute Gasteiger partial charge is 0.251 e. The maximum atomic E-state index is 12.4. The van der Waals surface area contributed by atoms with Crippen molar-refractivity contribution in [3.05, 3.63) is 52.5 Å². The van der Waals surface area contributed by atoms with Crippen LogP contribution in [0.1, 0.15) is 35.7 Å². The van der Waals surface area contributed by atoms with Crippen molar-refractivity contribution in [2.45, 2.75) is 26.2 Å². The molecular formula is C21H26ClNO4. The number of benzene rings is 2. The van der Waals surface area contributed by atoms with Crippen LogP contribution in [0.2, 0.25) is 5.02 Å². The molecule has 2 aromatic rings. The molecule has 0 unspecified atom stereocenters. The molecule has 0 saturated carbocycles. The zero-order chi connectivity index (χ0) is 19.6. The standard InChI is InChI=1S/C21H26ClNO4/c1-4-12-27-20-18(22)13-16(14-19(20)26-3)21(24)23-11-5-6-15-7-9-17(25-2)10-8-15/h7-10,13-14H,4-6,11-12H2,1-3H3,(H,23,24). The second-order valence-electron chi connectivity index (χ2n) is 6.05. The summed E-state index contributed by atoms with van der Waals surface area (Å²) in [6, 6.07) is 11.2. The highest BCUT2D eigenvalue weighted by Gasteiger charge is 2.15. The van der Waals surface area contributed by atoms with Crippen LogP contribution in [0.15, 0.2) is 36.4 Å². The number of hydrogen-bond acceptors (Lipinski definition) is 4. The van der Waals surface area contributed by atoms with E-state index in [4.69, 9.17) is 25.8 Å². The fraction of sp³-hybridized carbons (Fsp3) is 0.381. The third-order valence-corrected chi connectivity index (χ3v) is 4.31. The lowest BCUT2D eigenvalue weighted by Crippen LogP contribution is -2.24. The lowest BCUT2D eigenvalue weighted by molar-refractivity contribution is 0.0953. The van der Waals surface area contributed by atoms with Gasteiger partial charge in [-0.3, -0.25) is 4.79 Å². The Morgan fingerprint density at radius 2 is 1.85 bits per heavy atom. The zero-order valence-corrected chi connectivity index (χ0v) is 16.8. The molecule has 0 fully saturated rings. The third kappa shape index (κ3) is 6.07. The predicted molar refractivity (Wildman–Crippen MR) is 107 cm³/mol. The van der Waals surface area contributed by atoms with Gasteiger partial charge in [-0.2, -0.15) is 0 Å². The van der Waals surface area contributed by atoms with Crippen LogP contribution < -0.4 is 19.5 Å². The van der Waals surface area contributed by atoms with Crippen LogP contribution in [-0.4, -0.2) is 33.3 Å². The van der Waals surface area contributed by atoms with Crippen molar-refractivity contribution in [2.75, 3.05) is 27.4 Å². The predicted octanol–water partition coefficient (Wildman–Crippen LogP) is 4.51. The molecule has 5 nitrogen and oxygen atoms in total. The van der Waals surface area contributed by atoms with Gasteiger partial charge >= 0.3 is 0 Å². The largest absolute Gasteiger partial charge is 0.497 e. The van der Waals surface area contributed by atoms with E-state index >= 15 is 0 Å².